The van der Waals surface area contributed by atoms with Gasteiger partial charge in [-0.05, 0) is 42.6 Å². The molecular weight excluding hydrogens is 268 g/mol. The summed E-state index contributed by atoms with van der Waals surface area (Å²) in [6.07, 6.45) is 2.13. The van der Waals surface area contributed by atoms with Crippen LogP contribution in [0.1, 0.15) is 36.9 Å². The van der Waals surface area contributed by atoms with E-state index in [1.165, 1.54) is 17.7 Å². The van der Waals surface area contributed by atoms with Crippen molar-refractivity contribution in [2.45, 2.75) is 31.2 Å². The van der Waals surface area contributed by atoms with Crippen molar-refractivity contribution < 1.29 is 8.78 Å². The molecule has 0 aromatic heterocycles. The maximum absolute atomic E-state index is 13.6. The fourth-order valence-electron chi connectivity index (χ4n) is 3.18. The molecular formula is C18H19F2N. The van der Waals surface area contributed by atoms with E-state index >= 15 is 0 Å². The Morgan fingerprint density at radius 3 is 2.33 bits per heavy atom. The predicted octanol–water partition coefficient (Wildman–Crippen LogP) is 4.35. The summed E-state index contributed by atoms with van der Waals surface area (Å²) in [4.78, 5) is 0. The van der Waals surface area contributed by atoms with Gasteiger partial charge in [0.05, 0.1) is 0 Å². The summed E-state index contributed by atoms with van der Waals surface area (Å²) in [5.74, 6) is -1.57. The van der Waals surface area contributed by atoms with Crippen molar-refractivity contribution in [1.29, 1.82) is 0 Å². The first kappa shape index (κ1) is 14.2. The van der Waals surface area contributed by atoms with Gasteiger partial charge in [-0.1, -0.05) is 43.3 Å². The monoisotopic (exact) mass is 287 g/mol. The Hall–Kier alpha value is -1.74. The van der Waals surface area contributed by atoms with Crippen LogP contribution in [0.5, 0.6) is 0 Å². The van der Waals surface area contributed by atoms with Gasteiger partial charge < -0.3 is 5.32 Å². The van der Waals surface area contributed by atoms with Crippen LogP contribution in [0.4, 0.5) is 8.78 Å². The molecule has 0 spiro atoms. The summed E-state index contributed by atoms with van der Waals surface area (Å²) in [6, 6.07) is 14.6. The van der Waals surface area contributed by atoms with Gasteiger partial charge >= 0.3 is 0 Å². The van der Waals surface area contributed by atoms with Crippen LogP contribution in [0.3, 0.4) is 0 Å². The van der Waals surface area contributed by atoms with E-state index < -0.39 is 11.6 Å². The van der Waals surface area contributed by atoms with Crippen molar-refractivity contribution in [3.8, 4) is 0 Å². The van der Waals surface area contributed by atoms with Crippen molar-refractivity contribution in [2.24, 2.45) is 0 Å². The summed E-state index contributed by atoms with van der Waals surface area (Å²) < 4.78 is 26.8. The zero-order valence-electron chi connectivity index (χ0n) is 12.1. The number of nitrogens with one attached hydrogen (secondary N) is 1. The van der Waals surface area contributed by atoms with E-state index in [4.69, 9.17) is 0 Å². The van der Waals surface area contributed by atoms with E-state index in [9.17, 15) is 8.78 Å². The topological polar surface area (TPSA) is 12.0 Å². The number of halogens is 2. The molecule has 1 aliphatic carbocycles. The highest BCUT2D eigenvalue weighted by molar-refractivity contribution is 5.38. The van der Waals surface area contributed by atoms with E-state index in [1.54, 1.807) is 6.07 Å². The molecule has 1 atom stereocenters. The Morgan fingerprint density at radius 2 is 1.76 bits per heavy atom. The van der Waals surface area contributed by atoms with Gasteiger partial charge in [0.1, 0.15) is 0 Å². The summed E-state index contributed by atoms with van der Waals surface area (Å²) in [6.45, 7) is 2.83. The predicted molar refractivity (Wildman–Crippen MR) is 80.1 cm³/mol. The van der Waals surface area contributed by atoms with Crippen LogP contribution < -0.4 is 5.32 Å². The highest BCUT2D eigenvalue weighted by Crippen LogP contribution is 2.56. The molecule has 1 N–H and O–H groups in total. The molecule has 1 unspecified atom stereocenters. The normalized spacial score (nSPS) is 17.5. The molecule has 3 heteroatoms. The third kappa shape index (κ3) is 2.58. The quantitative estimate of drug-likeness (QED) is 0.862. The molecule has 0 heterocycles. The van der Waals surface area contributed by atoms with Crippen molar-refractivity contribution in [2.75, 3.05) is 6.54 Å². The number of likely N-dealkylation sites (N-methyl/N-ethyl adjacent to an activating group) is 1. The van der Waals surface area contributed by atoms with E-state index in [1.807, 2.05) is 25.1 Å². The van der Waals surface area contributed by atoms with E-state index in [0.29, 0.717) is 0 Å². The third-order valence-electron chi connectivity index (χ3n) is 4.38. The molecule has 110 valence electrons. The fourth-order valence-corrected chi connectivity index (χ4v) is 3.18. The second kappa shape index (κ2) is 5.57. The molecule has 2 aromatic rings. The average Bonchev–Trinajstić information content (AvgIpc) is 3.30. The molecule has 1 aliphatic rings. The Balaban J connectivity index is 2.00. The van der Waals surface area contributed by atoms with Gasteiger partial charge in [-0.15, -0.1) is 0 Å². The first-order chi connectivity index (χ1) is 10.2. The van der Waals surface area contributed by atoms with Gasteiger partial charge in [-0.3, -0.25) is 0 Å². The third-order valence-corrected chi connectivity index (χ3v) is 4.38. The van der Waals surface area contributed by atoms with Crippen LogP contribution >= 0.6 is 0 Å². The minimum absolute atomic E-state index is 0.00153. The standard InChI is InChI=1S/C18H19F2N/c1-2-21-17(13-8-9-15(19)16(20)12-13)18(10-11-18)14-6-4-3-5-7-14/h3-9,12,17,21H,2,10-11H2,1H3. The SMILES string of the molecule is CCNC(c1ccc(F)c(F)c1)C1(c2ccccc2)CC1. The zero-order valence-corrected chi connectivity index (χ0v) is 12.1. The van der Waals surface area contributed by atoms with Gasteiger partial charge in [-0.2, -0.15) is 0 Å². The lowest BCUT2D eigenvalue weighted by Crippen LogP contribution is -2.32. The molecule has 0 amide bonds. The highest BCUT2D eigenvalue weighted by atomic mass is 19.2. The molecule has 0 aliphatic heterocycles. The van der Waals surface area contributed by atoms with Crippen LogP contribution in [0, 0.1) is 11.6 Å². The van der Waals surface area contributed by atoms with Crippen LogP contribution in [0.15, 0.2) is 48.5 Å². The Kier molecular flexibility index (Phi) is 3.77. The second-order valence-electron chi connectivity index (χ2n) is 5.69. The Morgan fingerprint density at radius 1 is 1.05 bits per heavy atom. The minimum atomic E-state index is -0.793. The second-order valence-corrected chi connectivity index (χ2v) is 5.69. The lowest BCUT2D eigenvalue weighted by Gasteiger charge is -2.29. The van der Waals surface area contributed by atoms with E-state index in [-0.39, 0.29) is 11.5 Å². The average molecular weight is 287 g/mol. The highest BCUT2D eigenvalue weighted by Gasteiger charge is 2.50. The van der Waals surface area contributed by atoms with Crippen LogP contribution in [-0.2, 0) is 5.41 Å². The molecule has 1 nitrogen and oxygen atoms in total. The largest absolute Gasteiger partial charge is 0.309 e. The number of benzene rings is 2. The molecule has 0 bridgehead atoms. The fraction of sp³-hybridized carbons (Fsp3) is 0.333. The van der Waals surface area contributed by atoms with Gasteiger partial charge in [-0.25, -0.2) is 8.78 Å². The van der Waals surface area contributed by atoms with Crippen molar-refractivity contribution in [3.05, 3.63) is 71.3 Å². The molecule has 2 aromatic carbocycles. The maximum Gasteiger partial charge on any atom is 0.159 e. The Labute approximate surface area is 124 Å². The van der Waals surface area contributed by atoms with E-state index in [0.717, 1.165) is 24.9 Å². The first-order valence-electron chi connectivity index (χ1n) is 7.41. The Bertz CT molecular complexity index is 620. The first-order valence-corrected chi connectivity index (χ1v) is 7.41. The van der Waals surface area contributed by atoms with Crippen LogP contribution in [-0.4, -0.2) is 6.54 Å². The van der Waals surface area contributed by atoms with Gasteiger partial charge in [0.2, 0.25) is 0 Å². The van der Waals surface area contributed by atoms with E-state index in [2.05, 4.69) is 17.4 Å². The molecule has 1 fully saturated rings. The molecule has 21 heavy (non-hydrogen) atoms. The summed E-state index contributed by atoms with van der Waals surface area (Å²) >= 11 is 0. The van der Waals surface area contributed by atoms with Crippen LogP contribution in [0.25, 0.3) is 0 Å². The smallest absolute Gasteiger partial charge is 0.159 e. The van der Waals surface area contributed by atoms with Gasteiger partial charge in [0.25, 0.3) is 0 Å². The minimum Gasteiger partial charge on any atom is -0.309 e. The summed E-state index contributed by atoms with van der Waals surface area (Å²) in [5.41, 5.74) is 2.08. The number of hydrogen-bond acceptors (Lipinski definition) is 1. The number of rotatable bonds is 5. The lowest BCUT2D eigenvalue weighted by atomic mass is 9.83. The summed E-state index contributed by atoms with van der Waals surface area (Å²) in [5, 5.41) is 3.46. The number of hydrogen-bond donors (Lipinski definition) is 1. The van der Waals surface area contributed by atoms with Crippen molar-refractivity contribution >= 4 is 0 Å². The van der Waals surface area contributed by atoms with Crippen LogP contribution in [0.2, 0.25) is 0 Å². The van der Waals surface area contributed by atoms with Gasteiger partial charge in [0.15, 0.2) is 11.6 Å². The molecule has 0 saturated heterocycles. The molecule has 0 radical (unpaired) electrons. The maximum atomic E-state index is 13.6. The van der Waals surface area contributed by atoms with Crippen molar-refractivity contribution in [1.82, 2.24) is 5.32 Å². The van der Waals surface area contributed by atoms with Crippen molar-refractivity contribution in [3.63, 3.8) is 0 Å². The molecule has 1 saturated carbocycles. The lowest BCUT2D eigenvalue weighted by molar-refractivity contribution is 0.433. The zero-order chi connectivity index (χ0) is 14.9. The van der Waals surface area contributed by atoms with Gasteiger partial charge in [0, 0.05) is 11.5 Å². The summed E-state index contributed by atoms with van der Waals surface area (Å²) in [7, 11) is 0. The molecule has 3 rings (SSSR count).